The van der Waals surface area contributed by atoms with Gasteiger partial charge in [0.15, 0.2) is 0 Å². The second-order valence-electron chi connectivity index (χ2n) is 4.88. The van der Waals surface area contributed by atoms with Gasteiger partial charge in [0.25, 0.3) is 11.8 Å². The molecule has 21 heavy (non-hydrogen) atoms. The van der Waals surface area contributed by atoms with Gasteiger partial charge >= 0.3 is 0 Å². The highest BCUT2D eigenvalue weighted by molar-refractivity contribution is 6.43. The molecular formula is C17H12ClNO2. The van der Waals surface area contributed by atoms with Crippen molar-refractivity contribution in [3.8, 4) is 0 Å². The van der Waals surface area contributed by atoms with E-state index in [9.17, 15) is 9.59 Å². The Kier molecular flexibility index (Phi) is 3.35. The Balaban J connectivity index is 1.95. The van der Waals surface area contributed by atoms with Gasteiger partial charge in [0.1, 0.15) is 0 Å². The molecule has 0 unspecified atom stereocenters. The lowest BCUT2D eigenvalue weighted by Crippen LogP contribution is -2.30. The Morgan fingerprint density at radius 3 is 2.14 bits per heavy atom. The molecule has 1 aliphatic rings. The first-order valence-electron chi connectivity index (χ1n) is 6.49. The van der Waals surface area contributed by atoms with Crippen molar-refractivity contribution in [2.24, 2.45) is 0 Å². The van der Waals surface area contributed by atoms with Crippen molar-refractivity contribution >= 4 is 34.7 Å². The SMILES string of the molecule is Cc1ccc(N2C(=O)C=C(c3ccc(Cl)cc3)C2=O)cc1. The molecule has 2 amide bonds. The summed E-state index contributed by atoms with van der Waals surface area (Å²) in [6.07, 6.45) is 1.37. The summed E-state index contributed by atoms with van der Waals surface area (Å²) in [6.45, 7) is 1.95. The van der Waals surface area contributed by atoms with Gasteiger partial charge < -0.3 is 0 Å². The smallest absolute Gasteiger partial charge is 0.266 e. The second-order valence-corrected chi connectivity index (χ2v) is 5.32. The van der Waals surface area contributed by atoms with Crippen molar-refractivity contribution in [3.63, 3.8) is 0 Å². The molecule has 0 radical (unpaired) electrons. The van der Waals surface area contributed by atoms with Crippen LogP contribution in [0.1, 0.15) is 11.1 Å². The molecule has 3 nitrogen and oxygen atoms in total. The highest BCUT2D eigenvalue weighted by Crippen LogP contribution is 2.28. The molecule has 2 aromatic rings. The summed E-state index contributed by atoms with van der Waals surface area (Å²) in [5, 5.41) is 0.589. The van der Waals surface area contributed by atoms with E-state index in [0.29, 0.717) is 21.8 Å². The molecule has 0 spiro atoms. The van der Waals surface area contributed by atoms with Gasteiger partial charge in [-0.25, -0.2) is 4.90 Å². The zero-order chi connectivity index (χ0) is 15.0. The maximum absolute atomic E-state index is 12.5. The van der Waals surface area contributed by atoms with Crippen molar-refractivity contribution in [1.29, 1.82) is 0 Å². The van der Waals surface area contributed by atoms with Gasteiger partial charge in [-0.05, 0) is 36.8 Å². The average Bonchev–Trinajstić information content (AvgIpc) is 2.76. The first-order chi connectivity index (χ1) is 10.1. The molecule has 0 fully saturated rings. The lowest BCUT2D eigenvalue weighted by Gasteiger charge is -2.15. The number of carbonyl (C=O) groups excluding carboxylic acids is 2. The third-order valence-electron chi connectivity index (χ3n) is 3.37. The summed E-state index contributed by atoms with van der Waals surface area (Å²) >= 11 is 5.84. The van der Waals surface area contributed by atoms with Gasteiger partial charge in [-0.3, -0.25) is 9.59 Å². The number of nitrogens with zero attached hydrogens (tertiary/aromatic N) is 1. The van der Waals surface area contributed by atoms with Crippen LogP contribution in [0, 0.1) is 6.92 Å². The lowest BCUT2D eigenvalue weighted by molar-refractivity contribution is -0.119. The van der Waals surface area contributed by atoms with E-state index in [1.165, 1.54) is 11.0 Å². The topological polar surface area (TPSA) is 37.4 Å². The Labute approximate surface area is 127 Å². The molecule has 0 aliphatic carbocycles. The van der Waals surface area contributed by atoms with E-state index in [1.54, 1.807) is 36.4 Å². The number of anilines is 1. The number of imide groups is 1. The number of benzene rings is 2. The molecule has 0 atom stereocenters. The molecular weight excluding hydrogens is 286 g/mol. The van der Waals surface area contributed by atoms with E-state index in [1.807, 2.05) is 19.1 Å². The Hall–Kier alpha value is -2.39. The quantitative estimate of drug-likeness (QED) is 0.794. The van der Waals surface area contributed by atoms with Crippen LogP contribution in [0.5, 0.6) is 0 Å². The summed E-state index contributed by atoms with van der Waals surface area (Å²) in [4.78, 5) is 25.8. The largest absolute Gasteiger partial charge is 0.269 e. The zero-order valence-corrected chi connectivity index (χ0v) is 12.1. The molecule has 2 aromatic carbocycles. The second kappa shape index (κ2) is 5.19. The summed E-state index contributed by atoms with van der Waals surface area (Å²) in [5.74, 6) is -0.639. The van der Waals surface area contributed by atoms with Crippen LogP contribution in [0.25, 0.3) is 5.57 Å². The molecule has 0 N–H and O–H groups in total. The number of carbonyl (C=O) groups is 2. The number of halogens is 1. The van der Waals surface area contributed by atoms with Crippen molar-refractivity contribution in [2.45, 2.75) is 6.92 Å². The highest BCUT2D eigenvalue weighted by atomic mass is 35.5. The summed E-state index contributed by atoms with van der Waals surface area (Å²) in [6, 6.07) is 14.1. The minimum absolute atomic E-state index is 0.314. The normalized spacial score (nSPS) is 14.6. The van der Waals surface area contributed by atoms with Crippen molar-refractivity contribution in [1.82, 2.24) is 0 Å². The Bertz CT molecular complexity index is 745. The van der Waals surface area contributed by atoms with Gasteiger partial charge in [-0.1, -0.05) is 41.4 Å². The van der Waals surface area contributed by atoms with Crippen LogP contribution in [0.4, 0.5) is 5.69 Å². The van der Waals surface area contributed by atoms with E-state index in [2.05, 4.69) is 0 Å². The lowest BCUT2D eigenvalue weighted by atomic mass is 10.1. The van der Waals surface area contributed by atoms with Gasteiger partial charge in [0.2, 0.25) is 0 Å². The van der Waals surface area contributed by atoms with E-state index < -0.39 is 0 Å². The predicted octanol–water partition coefficient (Wildman–Crippen LogP) is 3.61. The fourth-order valence-corrected chi connectivity index (χ4v) is 2.37. The van der Waals surface area contributed by atoms with Crippen LogP contribution < -0.4 is 4.90 Å². The Morgan fingerprint density at radius 2 is 1.52 bits per heavy atom. The van der Waals surface area contributed by atoms with Crippen molar-refractivity contribution in [2.75, 3.05) is 4.90 Å². The monoisotopic (exact) mass is 297 g/mol. The molecule has 0 saturated carbocycles. The summed E-state index contributed by atoms with van der Waals surface area (Å²) in [7, 11) is 0. The molecule has 0 saturated heterocycles. The third kappa shape index (κ3) is 2.48. The van der Waals surface area contributed by atoms with Crippen LogP contribution in [0.3, 0.4) is 0 Å². The number of rotatable bonds is 2. The van der Waals surface area contributed by atoms with Gasteiger partial charge in [-0.15, -0.1) is 0 Å². The molecule has 1 aliphatic heterocycles. The van der Waals surface area contributed by atoms with Gasteiger partial charge in [-0.2, -0.15) is 0 Å². The maximum Gasteiger partial charge on any atom is 0.266 e. The molecule has 3 rings (SSSR count). The third-order valence-corrected chi connectivity index (χ3v) is 3.62. The van der Waals surface area contributed by atoms with E-state index in [0.717, 1.165) is 5.56 Å². The van der Waals surface area contributed by atoms with E-state index in [4.69, 9.17) is 11.6 Å². The number of hydrogen-bond donors (Lipinski definition) is 0. The van der Waals surface area contributed by atoms with Gasteiger partial charge in [0.05, 0.1) is 11.3 Å². The summed E-state index contributed by atoms with van der Waals surface area (Å²) < 4.78 is 0. The van der Waals surface area contributed by atoms with Gasteiger partial charge in [0, 0.05) is 11.1 Å². The van der Waals surface area contributed by atoms with Crippen LogP contribution in [0.2, 0.25) is 5.02 Å². The highest BCUT2D eigenvalue weighted by Gasteiger charge is 2.32. The van der Waals surface area contributed by atoms with Crippen LogP contribution in [0.15, 0.2) is 54.6 Å². The first kappa shape index (κ1) is 13.6. The first-order valence-corrected chi connectivity index (χ1v) is 6.87. The van der Waals surface area contributed by atoms with Crippen molar-refractivity contribution in [3.05, 3.63) is 70.8 Å². The predicted molar refractivity (Wildman–Crippen MR) is 83.1 cm³/mol. The number of amides is 2. The summed E-state index contributed by atoms with van der Waals surface area (Å²) in [5.41, 5.74) is 2.73. The van der Waals surface area contributed by atoms with Crippen LogP contribution >= 0.6 is 11.6 Å². The van der Waals surface area contributed by atoms with Crippen LogP contribution in [-0.4, -0.2) is 11.8 Å². The standard InChI is InChI=1S/C17H12ClNO2/c1-11-2-8-14(9-3-11)19-16(20)10-15(17(19)21)12-4-6-13(18)7-5-12/h2-10H,1H3. The molecule has 1 heterocycles. The minimum atomic E-state index is -0.325. The Morgan fingerprint density at radius 1 is 0.905 bits per heavy atom. The van der Waals surface area contributed by atoms with Crippen LogP contribution in [-0.2, 0) is 9.59 Å². The van der Waals surface area contributed by atoms with E-state index in [-0.39, 0.29) is 11.8 Å². The molecule has 0 aromatic heterocycles. The minimum Gasteiger partial charge on any atom is -0.269 e. The van der Waals surface area contributed by atoms with Crippen molar-refractivity contribution < 1.29 is 9.59 Å². The molecule has 0 bridgehead atoms. The molecule has 4 heteroatoms. The fraction of sp³-hybridized carbons (Fsp3) is 0.0588. The zero-order valence-electron chi connectivity index (χ0n) is 11.3. The average molecular weight is 298 g/mol. The van der Waals surface area contributed by atoms with E-state index >= 15 is 0 Å². The fourth-order valence-electron chi connectivity index (χ4n) is 2.24. The number of aryl methyl sites for hydroxylation is 1. The molecule has 104 valence electrons. The maximum atomic E-state index is 12.5. The number of hydrogen-bond acceptors (Lipinski definition) is 2.